The summed E-state index contributed by atoms with van der Waals surface area (Å²) in [6.07, 6.45) is 2.56. The second-order valence-corrected chi connectivity index (χ2v) is 3.74. The van der Waals surface area contributed by atoms with E-state index in [2.05, 4.69) is 5.10 Å². The zero-order chi connectivity index (χ0) is 11.5. The molecule has 4 nitrogen and oxygen atoms in total. The van der Waals surface area contributed by atoms with E-state index in [1.165, 1.54) is 0 Å². The first kappa shape index (κ1) is 13.4. The number of aryl methyl sites for hydroxylation is 2. The molecule has 0 atom stereocenters. The van der Waals surface area contributed by atoms with Crippen LogP contribution in [0.15, 0.2) is 30.5 Å². The molecule has 2 rings (SSSR count). The number of rotatable bonds is 3. The van der Waals surface area contributed by atoms with E-state index in [1.54, 1.807) is 4.68 Å². The number of benzene rings is 1. The van der Waals surface area contributed by atoms with E-state index in [0.29, 0.717) is 6.42 Å². The molecule has 5 heteroatoms. The van der Waals surface area contributed by atoms with Crippen molar-refractivity contribution < 1.29 is 27.0 Å². The maximum absolute atomic E-state index is 10.6. The van der Waals surface area contributed by atoms with Gasteiger partial charge in [0.05, 0.1) is 0 Å². The third-order valence-corrected chi connectivity index (χ3v) is 2.47. The van der Waals surface area contributed by atoms with Crippen LogP contribution in [0.5, 0.6) is 0 Å². The summed E-state index contributed by atoms with van der Waals surface area (Å²) in [4.78, 5) is 10.6. The summed E-state index contributed by atoms with van der Waals surface area (Å²) < 4.78 is 1.72. The van der Waals surface area contributed by atoms with Crippen molar-refractivity contribution >= 4 is 16.9 Å². The number of carboxylic acid groups (broad SMARTS) is 1. The molecule has 0 radical (unpaired) electrons. The molecule has 0 aliphatic carbocycles. The molecule has 1 aromatic heterocycles. The molecule has 1 heterocycles. The number of fused-ring (bicyclic) bond motifs is 1. The van der Waals surface area contributed by atoms with Gasteiger partial charge in [-0.15, -0.1) is 0 Å². The van der Waals surface area contributed by atoms with Gasteiger partial charge in [0.1, 0.15) is 5.52 Å². The predicted molar refractivity (Wildman–Crippen MR) is 58.9 cm³/mol. The fourth-order valence-electron chi connectivity index (χ4n) is 1.77. The molecular formula is C12H13ClN2O2. The normalized spacial score (nSPS) is 9.94. The molecule has 0 amide bonds. The first-order chi connectivity index (χ1) is 7.66. The molecule has 0 unspecified atom stereocenters. The zero-order valence-electron chi connectivity index (χ0n) is 9.43. The monoisotopic (exact) mass is 252 g/mol. The number of halogens is 1. The quantitative estimate of drug-likeness (QED) is 0.648. The van der Waals surface area contributed by atoms with Gasteiger partial charge in [-0.3, -0.25) is 4.79 Å². The van der Waals surface area contributed by atoms with Gasteiger partial charge < -0.3 is 17.5 Å². The number of nitrogens with zero attached hydrogens (tertiary/aromatic N) is 2. The molecule has 0 spiro atoms. The van der Waals surface area contributed by atoms with Crippen LogP contribution >= 0.6 is 0 Å². The van der Waals surface area contributed by atoms with Gasteiger partial charge in [-0.1, -0.05) is 22.9 Å². The summed E-state index contributed by atoms with van der Waals surface area (Å²) in [7, 11) is 1.84. The standard InChI is InChI=1S/C12H12N2O2.ClH/c1-14-8-9(6-7-12(15)16)10-4-2-3-5-11(10)13-14;/h2-5,8H,6-7H2,1H3;1H. The van der Waals surface area contributed by atoms with Crippen molar-refractivity contribution in [3.05, 3.63) is 36.0 Å². The molecule has 90 valence electrons. The average molecular weight is 253 g/mol. The van der Waals surface area contributed by atoms with Crippen LogP contribution in [0, 0.1) is 0 Å². The van der Waals surface area contributed by atoms with Crippen LogP contribution in [0.25, 0.3) is 10.9 Å². The SMILES string of the molecule is C[n+]1cc(CCC(=O)O)c2ccccc2n1.[Cl-]. The highest BCUT2D eigenvalue weighted by Gasteiger charge is 2.09. The summed E-state index contributed by atoms with van der Waals surface area (Å²) in [6.45, 7) is 0. The Morgan fingerprint density at radius 1 is 1.41 bits per heavy atom. The van der Waals surface area contributed by atoms with E-state index < -0.39 is 5.97 Å². The zero-order valence-corrected chi connectivity index (χ0v) is 10.2. The van der Waals surface area contributed by atoms with Gasteiger partial charge in [-0.25, -0.2) is 0 Å². The van der Waals surface area contributed by atoms with Gasteiger partial charge in [0.15, 0.2) is 13.2 Å². The van der Waals surface area contributed by atoms with Crippen LogP contribution in [-0.2, 0) is 18.3 Å². The molecule has 1 N–H and O–H groups in total. The summed E-state index contributed by atoms with van der Waals surface area (Å²) in [5.41, 5.74) is 1.92. The molecule has 1 aromatic carbocycles. The van der Waals surface area contributed by atoms with Gasteiger partial charge in [0, 0.05) is 17.4 Å². The molecule has 0 saturated carbocycles. The lowest BCUT2D eigenvalue weighted by atomic mass is 10.1. The van der Waals surface area contributed by atoms with Crippen molar-refractivity contribution in [2.75, 3.05) is 0 Å². The van der Waals surface area contributed by atoms with Crippen molar-refractivity contribution in [3.8, 4) is 0 Å². The Morgan fingerprint density at radius 3 is 2.82 bits per heavy atom. The molecule has 17 heavy (non-hydrogen) atoms. The summed E-state index contributed by atoms with van der Waals surface area (Å²) in [5, 5.41) is 14.1. The number of hydrogen-bond acceptors (Lipinski definition) is 2. The lowest BCUT2D eigenvalue weighted by molar-refractivity contribution is -0.728. The second-order valence-electron chi connectivity index (χ2n) is 3.74. The van der Waals surface area contributed by atoms with Crippen molar-refractivity contribution in [1.82, 2.24) is 5.10 Å². The third-order valence-electron chi connectivity index (χ3n) is 2.47. The minimum absolute atomic E-state index is 0. The highest BCUT2D eigenvalue weighted by Crippen LogP contribution is 2.15. The maximum Gasteiger partial charge on any atom is 0.303 e. The van der Waals surface area contributed by atoms with E-state index in [0.717, 1.165) is 16.5 Å². The van der Waals surface area contributed by atoms with Gasteiger partial charge in [0.2, 0.25) is 0 Å². The first-order valence-electron chi connectivity index (χ1n) is 5.13. The highest BCUT2D eigenvalue weighted by atomic mass is 35.5. The van der Waals surface area contributed by atoms with Gasteiger partial charge >= 0.3 is 5.97 Å². The Hall–Kier alpha value is -1.68. The van der Waals surface area contributed by atoms with Crippen LogP contribution in [0.3, 0.4) is 0 Å². The van der Waals surface area contributed by atoms with Crippen LogP contribution in [0.4, 0.5) is 0 Å². The third kappa shape index (κ3) is 3.14. The van der Waals surface area contributed by atoms with Crippen LogP contribution in [0.2, 0.25) is 0 Å². The number of hydrogen-bond donors (Lipinski definition) is 1. The smallest absolute Gasteiger partial charge is 0.303 e. The lowest BCUT2D eigenvalue weighted by Gasteiger charge is -2.01. The van der Waals surface area contributed by atoms with Crippen molar-refractivity contribution in [1.29, 1.82) is 0 Å². The highest BCUT2D eigenvalue weighted by molar-refractivity contribution is 5.81. The van der Waals surface area contributed by atoms with Crippen molar-refractivity contribution in [2.24, 2.45) is 7.05 Å². The molecule has 0 saturated heterocycles. The largest absolute Gasteiger partial charge is 1.00 e. The minimum Gasteiger partial charge on any atom is -1.00 e. The van der Waals surface area contributed by atoms with Crippen LogP contribution in [0.1, 0.15) is 12.0 Å². The lowest BCUT2D eigenvalue weighted by Crippen LogP contribution is -3.00. The summed E-state index contributed by atoms with van der Waals surface area (Å²) >= 11 is 0. The van der Waals surface area contributed by atoms with E-state index in [9.17, 15) is 4.79 Å². The summed E-state index contributed by atoms with van der Waals surface area (Å²) in [5.74, 6) is -0.774. The molecule has 0 aliphatic heterocycles. The molecule has 0 bridgehead atoms. The van der Waals surface area contributed by atoms with Crippen molar-refractivity contribution in [2.45, 2.75) is 12.8 Å². The van der Waals surface area contributed by atoms with E-state index >= 15 is 0 Å². The van der Waals surface area contributed by atoms with Gasteiger partial charge in [0.25, 0.3) is 0 Å². The Bertz CT molecular complexity index is 543. The van der Waals surface area contributed by atoms with Crippen LogP contribution in [-0.4, -0.2) is 16.2 Å². The Balaban J connectivity index is 0.00000144. The predicted octanol–water partition coefficient (Wildman–Crippen LogP) is -1.92. The van der Waals surface area contributed by atoms with Crippen molar-refractivity contribution in [3.63, 3.8) is 0 Å². The summed E-state index contributed by atoms with van der Waals surface area (Å²) in [6, 6.07) is 7.77. The van der Waals surface area contributed by atoms with E-state index in [1.807, 2.05) is 37.5 Å². The maximum atomic E-state index is 10.6. The Labute approximate surface area is 105 Å². The molecule has 2 aromatic rings. The first-order valence-corrected chi connectivity index (χ1v) is 5.13. The molecular weight excluding hydrogens is 240 g/mol. The number of aliphatic carboxylic acids is 1. The Morgan fingerprint density at radius 2 is 2.12 bits per heavy atom. The molecule has 0 aliphatic rings. The van der Waals surface area contributed by atoms with E-state index in [4.69, 9.17) is 5.11 Å². The van der Waals surface area contributed by atoms with Gasteiger partial charge in [-0.05, 0) is 17.6 Å². The second kappa shape index (κ2) is 5.59. The minimum atomic E-state index is -0.774. The average Bonchev–Trinajstić information content (AvgIpc) is 2.25. The topological polar surface area (TPSA) is 54.1 Å². The fraction of sp³-hybridized carbons (Fsp3) is 0.250. The molecule has 0 fully saturated rings. The fourth-order valence-corrected chi connectivity index (χ4v) is 1.77. The number of carboxylic acids is 1. The number of aromatic nitrogens is 2. The number of carbonyl (C=O) groups is 1. The Kier molecular flexibility index (Phi) is 4.40. The van der Waals surface area contributed by atoms with Crippen LogP contribution < -0.4 is 17.1 Å². The van der Waals surface area contributed by atoms with Gasteiger partial charge in [-0.2, -0.15) is 0 Å². The van der Waals surface area contributed by atoms with E-state index in [-0.39, 0.29) is 18.8 Å².